The molecule has 4 heteroatoms. The Labute approximate surface area is 162 Å². The molecule has 0 aromatic carbocycles. The number of carbonyl (C=O) groups excluding carboxylic acids is 1. The van der Waals surface area contributed by atoms with E-state index in [-0.39, 0.29) is 16.7 Å². The summed E-state index contributed by atoms with van der Waals surface area (Å²) in [6.45, 7) is 7.83. The Hall–Kier alpha value is -1.84. The van der Waals surface area contributed by atoms with Crippen LogP contribution in [0.1, 0.15) is 58.1 Å². The molecule has 2 saturated carbocycles. The molecule has 4 aliphatic rings. The van der Waals surface area contributed by atoms with Gasteiger partial charge in [-0.05, 0) is 68.6 Å². The molecule has 2 fully saturated rings. The van der Waals surface area contributed by atoms with E-state index in [4.69, 9.17) is 0 Å². The number of rotatable bonds is 1. The van der Waals surface area contributed by atoms with Gasteiger partial charge in [0.15, 0.2) is 0 Å². The van der Waals surface area contributed by atoms with Crippen LogP contribution in [0.25, 0.3) is 5.70 Å². The fraction of sp³-hybridized carbons (Fsp3) is 0.652. The average Bonchev–Trinajstić information content (AvgIpc) is 3.15. The fourth-order valence-electron chi connectivity index (χ4n) is 7.06. The first kappa shape index (κ1) is 17.3. The third-order valence-corrected chi connectivity index (χ3v) is 8.51. The minimum Gasteiger partial charge on any atom is -0.353 e. The van der Waals surface area contributed by atoms with Crippen LogP contribution < -0.4 is 5.32 Å². The first-order valence-corrected chi connectivity index (χ1v) is 10.6. The Morgan fingerprint density at radius 1 is 1.19 bits per heavy atom. The lowest BCUT2D eigenvalue weighted by atomic mass is 9.48. The van der Waals surface area contributed by atoms with E-state index in [2.05, 4.69) is 47.9 Å². The second-order valence-corrected chi connectivity index (χ2v) is 9.75. The van der Waals surface area contributed by atoms with Crippen molar-refractivity contribution in [1.29, 1.82) is 0 Å². The van der Waals surface area contributed by atoms with Crippen LogP contribution in [0, 0.1) is 35.5 Å². The minimum absolute atomic E-state index is 0.119. The Bertz CT molecular complexity index is 850. The van der Waals surface area contributed by atoms with E-state index in [1.54, 1.807) is 0 Å². The molecule has 2 heterocycles. The van der Waals surface area contributed by atoms with Crippen molar-refractivity contribution in [1.82, 2.24) is 14.9 Å². The summed E-state index contributed by atoms with van der Waals surface area (Å²) in [4.78, 5) is 16.5. The molecule has 0 saturated heterocycles. The van der Waals surface area contributed by atoms with Gasteiger partial charge in [-0.15, -0.1) is 0 Å². The van der Waals surface area contributed by atoms with Crippen LogP contribution in [0.3, 0.4) is 0 Å². The molecule has 3 aliphatic carbocycles. The van der Waals surface area contributed by atoms with Gasteiger partial charge in [0.25, 0.3) is 0 Å². The lowest BCUT2D eigenvalue weighted by Gasteiger charge is -2.56. The molecule has 5 rings (SSSR count). The normalized spacial score (nSPS) is 40.9. The number of nitrogens with zero attached hydrogens (tertiary/aromatic N) is 2. The van der Waals surface area contributed by atoms with Gasteiger partial charge >= 0.3 is 0 Å². The molecule has 1 aromatic rings. The highest BCUT2D eigenvalue weighted by Gasteiger charge is 2.57. The SMILES string of the molecule is Cc1cn(C2=CCC3C4CCC5=CC(=O)NCCC5(C)C4CCC23C)cn1. The van der Waals surface area contributed by atoms with Crippen molar-refractivity contribution in [3.63, 3.8) is 0 Å². The zero-order valence-corrected chi connectivity index (χ0v) is 16.8. The summed E-state index contributed by atoms with van der Waals surface area (Å²) in [6.07, 6.45) is 15.7. The van der Waals surface area contributed by atoms with Gasteiger partial charge in [-0.1, -0.05) is 25.5 Å². The van der Waals surface area contributed by atoms with Crippen LogP contribution in [0.5, 0.6) is 0 Å². The van der Waals surface area contributed by atoms with Crippen molar-refractivity contribution >= 4 is 11.6 Å². The molecule has 0 radical (unpaired) electrons. The largest absolute Gasteiger partial charge is 0.353 e. The molecule has 27 heavy (non-hydrogen) atoms. The summed E-state index contributed by atoms with van der Waals surface area (Å²) in [5.41, 5.74) is 4.42. The van der Waals surface area contributed by atoms with E-state index in [0.717, 1.165) is 36.9 Å². The first-order valence-electron chi connectivity index (χ1n) is 10.6. The average molecular weight is 366 g/mol. The molecule has 5 unspecified atom stereocenters. The molecule has 5 atom stereocenters. The highest BCUT2D eigenvalue weighted by molar-refractivity contribution is 5.88. The number of imidazole rings is 1. The molecule has 4 nitrogen and oxygen atoms in total. The van der Waals surface area contributed by atoms with Crippen LogP contribution in [0.4, 0.5) is 0 Å². The summed E-state index contributed by atoms with van der Waals surface area (Å²) >= 11 is 0. The highest BCUT2D eigenvalue weighted by Crippen LogP contribution is 2.65. The summed E-state index contributed by atoms with van der Waals surface area (Å²) in [5.74, 6) is 2.31. The number of aromatic nitrogens is 2. The number of hydrogen-bond acceptors (Lipinski definition) is 2. The standard InChI is InChI=1S/C23H31N3O/c1-15-13-26(14-25-15)20-7-6-18-17-5-4-16-12-21(27)24-11-10-22(16,2)19(17)8-9-23(18,20)3/h7,12-14,17-19H,4-6,8-11H2,1-3H3,(H,24,27). The second kappa shape index (κ2) is 5.83. The molecule has 1 N–H and O–H groups in total. The van der Waals surface area contributed by atoms with Gasteiger partial charge in [0.1, 0.15) is 0 Å². The van der Waals surface area contributed by atoms with Crippen LogP contribution in [-0.4, -0.2) is 22.0 Å². The smallest absolute Gasteiger partial charge is 0.243 e. The molecular formula is C23H31N3O. The summed E-state index contributed by atoms with van der Waals surface area (Å²) < 4.78 is 2.28. The van der Waals surface area contributed by atoms with Crippen molar-refractivity contribution in [2.45, 2.75) is 59.3 Å². The van der Waals surface area contributed by atoms with E-state index in [1.807, 2.05) is 12.4 Å². The zero-order valence-electron chi connectivity index (χ0n) is 16.8. The number of allylic oxidation sites excluding steroid dienone is 3. The molecular weight excluding hydrogens is 334 g/mol. The van der Waals surface area contributed by atoms with Gasteiger partial charge in [0, 0.05) is 29.9 Å². The molecule has 1 amide bonds. The first-order chi connectivity index (χ1) is 12.9. The molecule has 1 aliphatic heterocycles. The van der Waals surface area contributed by atoms with Crippen molar-refractivity contribution < 1.29 is 4.79 Å². The van der Waals surface area contributed by atoms with Gasteiger partial charge in [-0.3, -0.25) is 4.79 Å². The van der Waals surface area contributed by atoms with Crippen molar-refractivity contribution in [3.8, 4) is 0 Å². The molecule has 1 aromatic heterocycles. The third-order valence-electron chi connectivity index (χ3n) is 8.51. The maximum Gasteiger partial charge on any atom is 0.243 e. The lowest BCUT2D eigenvalue weighted by molar-refractivity contribution is -0.116. The molecule has 144 valence electrons. The summed E-state index contributed by atoms with van der Waals surface area (Å²) in [7, 11) is 0. The number of fused-ring (bicyclic) bond motifs is 5. The van der Waals surface area contributed by atoms with Crippen LogP contribution >= 0.6 is 0 Å². The monoisotopic (exact) mass is 365 g/mol. The maximum atomic E-state index is 12.1. The topological polar surface area (TPSA) is 46.9 Å². The van der Waals surface area contributed by atoms with Gasteiger partial charge in [0.2, 0.25) is 5.91 Å². The van der Waals surface area contributed by atoms with E-state index in [1.165, 1.54) is 37.0 Å². The number of aryl methyl sites for hydroxylation is 1. The van der Waals surface area contributed by atoms with Crippen LogP contribution in [0.2, 0.25) is 0 Å². The Kier molecular flexibility index (Phi) is 3.73. The summed E-state index contributed by atoms with van der Waals surface area (Å²) in [5, 5.41) is 3.07. The van der Waals surface area contributed by atoms with Gasteiger partial charge < -0.3 is 9.88 Å². The predicted octanol–water partition coefficient (Wildman–Crippen LogP) is 4.33. The van der Waals surface area contributed by atoms with Crippen molar-refractivity contribution in [2.75, 3.05) is 6.54 Å². The fourth-order valence-corrected chi connectivity index (χ4v) is 7.06. The van der Waals surface area contributed by atoms with Gasteiger partial charge in [-0.25, -0.2) is 4.98 Å². The Morgan fingerprint density at radius 2 is 2.04 bits per heavy atom. The lowest BCUT2D eigenvalue weighted by Crippen LogP contribution is -2.49. The van der Waals surface area contributed by atoms with Crippen molar-refractivity contribution in [2.24, 2.45) is 28.6 Å². The van der Waals surface area contributed by atoms with Gasteiger partial charge in [0.05, 0.1) is 12.0 Å². The Balaban J connectivity index is 1.48. The maximum absolute atomic E-state index is 12.1. The quantitative estimate of drug-likeness (QED) is 0.805. The highest BCUT2D eigenvalue weighted by atomic mass is 16.1. The van der Waals surface area contributed by atoms with E-state index < -0.39 is 0 Å². The van der Waals surface area contributed by atoms with E-state index >= 15 is 0 Å². The number of hydrogen-bond donors (Lipinski definition) is 1. The van der Waals surface area contributed by atoms with E-state index in [9.17, 15) is 4.79 Å². The number of amides is 1. The van der Waals surface area contributed by atoms with Crippen LogP contribution in [-0.2, 0) is 4.79 Å². The predicted molar refractivity (Wildman–Crippen MR) is 107 cm³/mol. The van der Waals surface area contributed by atoms with E-state index in [0.29, 0.717) is 5.92 Å². The Morgan fingerprint density at radius 3 is 2.81 bits per heavy atom. The van der Waals surface area contributed by atoms with Crippen LogP contribution in [0.15, 0.2) is 30.2 Å². The minimum atomic E-state index is 0.119. The number of nitrogens with one attached hydrogen (secondary N) is 1. The number of carbonyl (C=O) groups is 1. The summed E-state index contributed by atoms with van der Waals surface area (Å²) in [6, 6.07) is 0. The zero-order chi connectivity index (χ0) is 18.8. The molecule has 0 spiro atoms. The third kappa shape index (κ3) is 2.41. The second-order valence-electron chi connectivity index (χ2n) is 9.75. The van der Waals surface area contributed by atoms with Crippen molar-refractivity contribution in [3.05, 3.63) is 35.9 Å². The molecule has 0 bridgehead atoms. The van der Waals surface area contributed by atoms with Gasteiger partial charge in [-0.2, -0.15) is 0 Å².